The normalized spacial score (nSPS) is 17.1. The molecule has 1 fully saturated rings. The largest absolute Gasteiger partial charge is 0.381 e. The summed E-state index contributed by atoms with van der Waals surface area (Å²) in [5, 5.41) is 1.33. The fourth-order valence-electron chi connectivity index (χ4n) is 2.92. The van der Waals surface area contributed by atoms with Crippen LogP contribution < -0.4 is 5.73 Å². The predicted octanol–water partition coefficient (Wildman–Crippen LogP) is 2.57. The van der Waals surface area contributed by atoms with Gasteiger partial charge in [0.1, 0.15) is 0 Å². The zero-order chi connectivity index (χ0) is 13.1. The molecule has 2 aromatic rings. The Hall–Kier alpha value is -1.32. The second kappa shape index (κ2) is 5.76. The summed E-state index contributed by atoms with van der Waals surface area (Å²) in [6.07, 6.45) is 5.54. The van der Waals surface area contributed by atoms with Gasteiger partial charge < -0.3 is 15.0 Å². The Morgan fingerprint density at radius 1 is 1.21 bits per heavy atom. The highest BCUT2D eigenvalue weighted by Gasteiger charge is 2.15. The molecule has 19 heavy (non-hydrogen) atoms. The van der Waals surface area contributed by atoms with E-state index in [-0.39, 0.29) is 0 Å². The molecule has 1 aromatic carbocycles. The van der Waals surface area contributed by atoms with Gasteiger partial charge in [-0.3, -0.25) is 0 Å². The third-order valence-electron chi connectivity index (χ3n) is 4.07. The van der Waals surface area contributed by atoms with Crippen LogP contribution in [0.4, 0.5) is 0 Å². The van der Waals surface area contributed by atoms with Crippen molar-refractivity contribution in [1.82, 2.24) is 4.57 Å². The number of benzene rings is 1. The first-order valence-electron chi connectivity index (χ1n) is 7.22. The maximum Gasteiger partial charge on any atom is 0.0483 e. The Morgan fingerprint density at radius 3 is 2.84 bits per heavy atom. The zero-order valence-electron chi connectivity index (χ0n) is 11.3. The summed E-state index contributed by atoms with van der Waals surface area (Å²) in [5.41, 5.74) is 8.33. The van der Waals surface area contributed by atoms with Gasteiger partial charge in [0.05, 0.1) is 0 Å². The van der Waals surface area contributed by atoms with Crippen molar-refractivity contribution in [3.8, 4) is 0 Å². The van der Waals surface area contributed by atoms with Crippen LogP contribution in [-0.4, -0.2) is 24.3 Å². The molecule has 2 heterocycles. The summed E-state index contributed by atoms with van der Waals surface area (Å²) in [5.74, 6) is 0.752. The van der Waals surface area contributed by atoms with Gasteiger partial charge in [0, 0.05) is 31.5 Å². The molecule has 0 amide bonds. The van der Waals surface area contributed by atoms with Crippen LogP contribution in [0.1, 0.15) is 18.4 Å². The van der Waals surface area contributed by atoms with Gasteiger partial charge in [-0.05, 0) is 54.8 Å². The molecule has 0 unspecified atom stereocenters. The second-order valence-corrected chi connectivity index (χ2v) is 5.46. The summed E-state index contributed by atoms with van der Waals surface area (Å²) in [6, 6.07) is 8.90. The van der Waals surface area contributed by atoms with Gasteiger partial charge in [-0.25, -0.2) is 0 Å². The minimum atomic E-state index is 0.714. The van der Waals surface area contributed by atoms with Crippen molar-refractivity contribution in [2.75, 3.05) is 19.8 Å². The van der Waals surface area contributed by atoms with E-state index in [2.05, 4.69) is 35.0 Å². The molecule has 2 N–H and O–H groups in total. The van der Waals surface area contributed by atoms with E-state index in [0.717, 1.165) is 32.1 Å². The van der Waals surface area contributed by atoms with Gasteiger partial charge in [0.2, 0.25) is 0 Å². The predicted molar refractivity (Wildman–Crippen MR) is 78.2 cm³/mol. The van der Waals surface area contributed by atoms with E-state index in [1.54, 1.807) is 0 Å². The van der Waals surface area contributed by atoms with Crippen LogP contribution in [0.2, 0.25) is 0 Å². The summed E-state index contributed by atoms with van der Waals surface area (Å²) in [6.45, 7) is 3.66. The van der Waals surface area contributed by atoms with Crippen LogP contribution in [0, 0.1) is 5.92 Å². The van der Waals surface area contributed by atoms with E-state index < -0.39 is 0 Å². The first-order valence-corrected chi connectivity index (χ1v) is 7.22. The van der Waals surface area contributed by atoms with Crippen LogP contribution in [0.15, 0.2) is 30.5 Å². The van der Waals surface area contributed by atoms with Crippen molar-refractivity contribution in [3.05, 3.63) is 36.0 Å². The average Bonchev–Trinajstić information content (AvgIpc) is 2.83. The maximum atomic E-state index is 5.65. The lowest BCUT2D eigenvalue weighted by atomic mass is 10.0. The third kappa shape index (κ3) is 2.82. The maximum absolute atomic E-state index is 5.65. The Kier molecular flexibility index (Phi) is 3.85. The Labute approximate surface area is 114 Å². The van der Waals surface area contributed by atoms with Crippen molar-refractivity contribution < 1.29 is 4.74 Å². The fraction of sp³-hybridized carbons (Fsp3) is 0.500. The zero-order valence-corrected chi connectivity index (χ0v) is 11.3. The van der Waals surface area contributed by atoms with Gasteiger partial charge >= 0.3 is 0 Å². The van der Waals surface area contributed by atoms with Crippen LogP contribution in [-0.2, 0) is 17.7 Å². The van der Waals surface area contributed by atoms with Gasteiger partial charge in [-0.1, -0.05) is 12.1 Å². The Morgan fingerprint density at radius 2 is 2.05 bits per heavy atom. The number of fused-ring (bicyclic) bond motifs is 1. The SMILES string of the molecule is NCCc1ccc2ccn(CC3CCOCC3)c2c1. The topological polar surface area (TPSA) is 40.2 Å². The lowest BCUT2D eigenvalue weighted by molar-refractivity contribution is 0.0616. The molecular formula is C16H22N2O. The van der Waals surface area contributed by atoms with Gasteiger partial charge in [0.15, 0.2) is 0 Å². The Balaban J connectivity index is 1.83. The number of nitrogens with zero attached hydrogens (tertiary/aromatic N) is 1. The van der Waals surface area contributed by atoms with E-state index in [1.165, 1.54) is 29.3 Å². The van der Waals surface area contributed by atoms with E-state index in [0.29, 0.717) is 6.54 Å². The molecule has 0 saturated carbocycles. The third-order valence-corrected chi connectivity index (χ3v) is 4.07. The summed E-state index contributed by atoms with van der Waals surface area (Å²) in [4.78, 5) is 0. The average molecular weight is 258 g/mol. The molecule has 1 saturated heterocycles. The molecule has 1 aliphatic rings. The highest BCUT2D eigenvalue weighted by Crippen LogP contribution is 2.22. The molecule has 3 nitrogen and oxygen atoms in total. The first-order chi connectivity index (χ1) is 9.36. The lowest BCUT2D eigenvalue weighted by Gasteiger charge is -2.22. The van der Waals surface area contributed by atoms with Crippen molar-refractivity contribution in [3.63, 3.8) is 0 Å². The standard InChI is InChI=1S/C16H22N2O/c17-7-3-13-1-2-15-4-8-18(16(15)11-13)12-14-5-9-19-10-6-14/h1-2,4,8,11,14H,3,5-7,9-10,12,17H2. The quantitative estimate of drug-likeness (QED) is 0.915. The molecule has 3 heteroatoms. The van der Waals surface area contributed by atoms with Gasteiger partial charge in [-0.2, -0.15) is 0 Å². The highest BCUT2D eigenvalue weighted by atomic mass is 16.5. The van der Waals surface area contributed by atoms with Crippen LogP contribution >= 0.6 is 0 Å². The monoisotopic (exact) mass is 258 g/mol. The van der Waals surface area contributed by atoms with Gasteiger partial charge in [-0.15, -0.1) is 0 Å². The van der Waals surface area contributed by atoms with Gasteiger partial charge in [0.25, 0.3) is 0 Å². The number of rotatable bonds is 4. The highest BCUT2D eigenvalue weighted by molar-refractivity contribution is 5.80. The number of nitrogens with two attached hydrogens (primary N) is 1. The summed E-state index contributed by atoms with van der Waals surface area (Å²) in [7, 11) is 0. The van der Waals surface area contributed by atoms with Crippen molar-refractivity contribution in [2.24, 2.45) is 11.7 Å². The molecule has 1 aromatic heterocycles. The number of hydrogen-bond acceptors (Lipinski definition) is 2. The van der Waals surface area contributed by atoms with Crippen LogP contribution in [0.3, 0.4) is 0 Å². The summed E-state index contributed by atoms with van der Waals surface area (Å²) >= 11 is 0. The van der Waals surface area contributed by atoms with E-state index in [4.69, 9.17) is 10.5 Å². The molecule has 0 radical (unpaired) electrons. The molecular weight excluding hydrogens is 236 g/mol. The van der Waals surface area contributed by atoms with E-state index in [9.17, 15) is 0 Å². The van der Waals surface area contributed by atoms with E-state index >= 15 is 0 Å². The second-order valence-electron chi connectivity index (χ2n) is 5.46. The van der Waals surface area contributed by atoms with Crippen LogP contribution in [0.5, 0.6) is 0 Å². The molecule has 0 spiro atoms. The fourth-order valence-corrected chi connectivity index (χ4v) is 2.92. The summed E-state index contributed by atoms with van der Waals surface area (Å²) < 4.78 is 7.83. The van der Waals surface area contributed by atoms with Crippen molar-refractivity contribution >= 4 is 10.9 Å². The molecule has 0 bridgehead atoms. The molecule has 102 valence electrons. The lowest BCUT2D eigenvalue weighted by Crippen LogP contribution is -2.20. The van der Waals surface area contributed by atoms with Crippen molar-refractivity contribution in [1.29, 1.82) is 0 Å². The molecule has 0 atom stereocenters. The number of aromatic nitrogens is 1. The minimum Gasteiger partial charge on any atom is -0.381 e. The first kappa shape index (κ1) is 12.7. The van der Waals surface area contributed by atoms with Crippen LogP contribution in [0.25, 0.3) is 10.9 Å². The number of hydrogen-bond donors (Lipinski definition) is 1. The van der Waals surface area contributed by atoms with E-state index in [1.807, 2.05) is 0 Å². The smallest absolute Gasteiger partial charge is 0.0483 e. The number of ether oxygens (including phenoxy) is 1. The minimum absolute atomic E-state index is 0.714. The Bertz CT molecular complexity index is 541. The van der Waals surface area contributed by atoms with Crippen molar-refractivity contribution in [2.45, 2.75) is 25.8 Å². The molecule has 0 aliphatic carbocycles. The molecule has 1 aliphatic heterocycles. The molecule has 3 rings (SSSR count).